The van der Waals surface area contributed by atoms with E-state index < -0.39 is 0 Å². The SMILES string of the molecule is C=C(C(=O)C(/C=C\C)=C/C)c1scc(-c2ccccc2)c1C(=O)NC. The first-order valence-electron chi connectivity index (χ1n) is 7.97. The number of hydrogen-bond acceptors (Lipinski definition) is 3. The van der Waals surface area contributed by atoms with Gasteiger partial charge >= 0.3 is 0 Å². The lowest BCUT2D eigenvalue weighted by atomic mass is 9.96. The second-order valence-corrected chi connectivity index (χ2v) is 6.23. The summed E-state index contributed by atoms with van der Waals surface area (Å²) in [6.07, 6.45) is 5.31. The van der Waals surface area contributed by atoms with Crippen molar-refractivity contribution in [3.8, 4) is 11.1 Å². The van der Waals surface area contributed by atoms with Crippen molar-refractivity contribution in [2.24, 2.45) is 0 Å². The summed E-state index contributed by atoms with van der Waals surface area (Å²) in [6.45, 7) is 7.63. The monoisotopic (exact) mass is 351 g/mol. The highest BCUT2D eigenvalue weighted by molar-refractivity contribution is 7.12. The molecule has 1 aromatic heterocycles. The average molecular weight is 351 g/mol. The van der Waals surface area contributed by atoms with Crippen LogP contribution in [0.4, 0.5) is 0 Å². The van der Waals surface area contributed by atoms with Gasteiger partial charge in [0.25, 0.3) is 5.91 Å². The van der Waals surface area contributed by atoms with Crippen molar-refractivity contribution in [1.82, 2.24) is 5.32 Å². The zero-order chi connectivity index (χ0) is 18.4. The number of ketones is 1. The Labute approximate surface area is 152 Å². The van der Waals surface area contributed by atoms with Gasteiger partial charge in [0.2, 0.25) is 0 Å². The van der Waals surface area contributed by atoms with E-state index in [9.17, 15) is 9.59 Å². The van der Waals surface area contributed by atoms with Crippen molar-refractivity contribution in [3.05, 3.63) is 76.5 Å². The molecule has 0 saturated carbocycles. The van der Waals surface area contributed by atoms with Crippen LogP contribution in [0.3, 0.4) is 0 Å². The van der Waals surface area contributed by atoms with E-state index in [1.54, 1.807) is 19.2 Å². The fourth-order valence-electron chi connectivity index (χ4n) is 2.52. The van der Waals surface area contributed by atoms with Crippen LogP contribution in [-0.2, 0) is 4.79 Å². The van der Waals surface area contributed by atoms with E-state index in [0.29, 0.717) is 21.6 Å². The minimum absolute atomic E-state index is 0.174. The van der Waals surface area contributed by atoms with Gasteiger partial charge in [-0.3, -0.25) is 9.59 Å². The van der Waals surface area contributed by atoms with Gasteiger partial charge in [0, 0.05) is 29.1 Å². The van der Waals surface area contributed by atoms with Crippen LogP contribution in [0.5, 0.6) is 0 Å². The molecule has 1 aromatic carbocycles. The van der Waals surface area contributed by atoms with Gasteiger partial charge in [-0.15, -0.1) is 11.3 Å². The molecule has 128 valence electrons. The molecule has 2 rings (SSSR count). The molecule has 2 aromatic rings. The van der Waals surface area contributed by atoms with E-state index in [0.717, 1.165) is 11.1 Å². The van der Waals surface area contributed by atoms with Crippen LogP contribution in [0.1, 0.15) is 29.1 Å². The highest BCUT2D eigenvalue weighted by atomic mass is 32.1. The number of rotatable bonds is 6. The molecule has 4 heteroatoms. The van der Waals surface area contributed by atoms with Crippen molar-refractivity contribution in [1.29, 1.82) is 0 Å². The summed E-state index contributed by atoms with van der Waals surface area (Å²) in [5.41, 5.74) is 3.13. The Morgan fingerprint density at radius 2 is 1.84 bits per heavy atom. The maximum absolute atomic E-state index is 12.7. The third-order valence-electron chi connectivity index (χ3n) is 3.80. The predicted molar refractivity (Wildman–Crippen MR) is 106 cm³/mol. The lowest BCUT2D eigenvalue weighted by Gasteiger charge is -2.09. The Bertz CT molecular complexity index is 857. The first-order chi connectivity index (χ1) is 12.0. The standard InChI is InChI=1S/C21H21NO2S/c1-5-10-15(6-2)19(23)14(3)20-18(21(24)22-4)17(13-25-20)16-11-8-7-9-12-16/h5-13H,3H2,1-2,4H3,(H,22,24)/b10-5-,15-6+. The zero-order valence-corrected chi connectivity index (χ0v) is 15.4. The molecular weight excluding hydrogens is 330 g/mol. The van der Waals surface area contributed by atoms with E-state index in [1.807, 2.05) is 55.6 Å². The van der Waals surface area contributed by atoms with E-state index in [2.05, 4.69) is 11.9 Å². The summed E-state index contributed by atoms with van der Waals surface area (Å²) in [6, 6.07) is 9.66. The summed E-state index contributed by atoms with van der Waals surface area (Å²) >= 11 is 1.36. The first-order valence-corrected chi connectivity index (χ1v) is 8.85. The minimum atomic E-state index is -0.225. The minimum Gasteiger partial charge on any atom is -0.355 e. The first kappa shape index (κ1) is 18.6. The van der Waals surface area contributed by atoms with Crippen LogP contribution in [0.15, 0.2) is 66.1 Å². The second kappa shape index (κ2) is 8.40. The van der Waals surface area contributed by atoms with E-state index in [-0.39, 0.29) is 11.7 Å². The molecule has 1 amide bonds. The smallest absolute Gasteiger partial charge is 0.253 e. The van der Waals surface area contributed by atoms with Gasteiger partial charge in [-0.25, -0.2) is 0 Å². The van der Waals surface area contributed by atoms with Crippen LogP contribution in [0.2, 0.25) is 0 Å². The van der Waals surface area contributed by atoms with Gasteiger partial charge in [0.1, 0.15) is 0 Å². The number of amides is 1. The normalized spacial score (nSPS) is 11.6. The van der Waals surface area contributed by atoms with Crippen LogP contribution in [0.25, 0.3) is 16.7 Å². The van der Waals surface area contributed by atoms with Gasteiger partial charge in [0.05, 0.1) is 10.4 Å². The molecule has 0 spiro atoms. The molecule has 1 N–H and O–H groups in total. The zero-order valence-electron chi connectivity index (χ0n) is 14.6. The number of thiophene rings is 1. The van der Waals surface area contributed by atoms with Crippen molar-refractivity contribution in [3.63, 3.8) is 0 Å². The van der Waals surface area contributed by atoms with Gasteiger partial charge in [-0.2, -0.15) is 0 Å². The van der Waals surface area contributed by atoms with Crippen LogP contribution >= 0.6 is 11.3 Å². The number of carbonyl (C=O) groups excluding carboxylic acids is 2. The summed E-state index contributed by atoms with van der Waals surface area (Å²) in [4.78, 5) is 25.8. The molecule has 0 aliphatic rings. The van der Waals surface area contributed by atoms with Crippen LogP contribution in [0, 0.1) is 0 Å². The average Bonchev–Trinajstić information content (AvgIpc) is 3.10. The highest BCUT2D eigenvalue weighted by Crippen LogP contribution is 2.36. The number of Topliss-reactive ketones (excluding diaryl/α,β-unsaturated/α-hetero) is 1. The van der Waals surface area contributed by atoms with E-state index in [1.165, 1.54) is 11.3 Å². The topological polar surface area (TPSA) is 46.2 Å². The van der Waals surface area contributed by atoms with Crippen molar-refractivity contribution < 1.29 is 9.59 Å². The number of carbonyl (C=O) groups is 2. The summed E-state index contributed by atoms with van der Waals surface area (Å²) in [7, 11) is 1.58. The Hall–Kier alpha value is -2.72. The maximum Gasteiger partial charge on any atom is 0.253 e. The summed E-state index contributed by atoms with van der Waals surface area (Å²) < 4.78 is 0. The van der Waals surface area contributed by atoms with Gasteiger partial charge < -0.3 is 5.32 Å². The largest absolute Gasteiger partial charge is 0.355 e. The number of hydrogen-bond donors (Lipinski definition) is 1. The third-order valence-corrected chi connectivity index (χ3v) is 4.84. The van der Waals surface area contributed by atoms with Crippen molar-refractivity contribution in [2.45, 2.75) is 13.8 Å². The van der Waals surface area contributed by atoms with Gasteiger partial charge in [-0.05, 0) is 19.4 Å². The van der Waals surface area contributed by atoms with Gasteiger partial charge in [-0.1, -0.05) is 55.1 Å². The molecule has 0 unspecified atom stereocenters. The molecule has 0 aliphatic carbocycles. The lowest BCUT2D eigenvalue weighted by molar-refractivity contribution is -0.110. The fourth-order valence-corrected chi connectivity index (χ4v) is 3.57. The summed E-state index contributed by atoms with van der Waals surface area (Å²) in [5, 5.41) is 4.57. The Balaban J connectivity index is 2.55. The molecule has 0 radical (unpaired) electrons. The van der Waals surface area contributed by atoms with Crippen LogP contribution in [-0.4, -0.2) is 18.7 Å². The number of allylic oxidation sites excluding steroid dienone is 5. The Morgan fingerprint density at radius 3 is 2.40 bits per heavy atom. The van der Waals surface area contributed by atoms with Crippen LogP contribution < -0.4 is 5.32 Å². The lowest BCUT2D eigenvalue weighted by Crippen LogP contribution is -2.20. The molecule has 0 bridgehead atoms. The fraction of sp³-hybridized carbons (Fsp3) is 0.143. The molecule has 25 heavy (non-hydrogen) atoms. The molecule has 3 nitrogen and oxygen atoms in total. The summed E-state index contributed by atoms with van der Waals surface area (Å²) in [5.74, 6) is -0.399. The van der Waals surface area contributed by atoms with E-state index >= 15 is 0 Å². The number of nitrogens with one attached hydrogen (secondary N) is 1. The van der Waals surface area contributed by atoms with E-state index in [4.69, 9.17) is 0 Å². The highest BCUT2D eigenvalue weighted by Gasteiger charge is 2.24. The molecule has 0 atom stereocenters. The molecule has 1 heterocycles. The maximum atomic E-state index is 12.7. The molecule has 0 aliphatic heterocycles. The predicted octanol–water partition coefficient (Wildman–Crippen LogP) is 4.88. The molecule has 0 saturated heterocycles. The molecular formula is C21H21NO2S. The second-order valence-electron chi connectivity index (χ2n) is 5.35. The van der Waals surface area contributed by atoms with Crippen molar-refractivity contribution >= 4 is 28.6 Å². The molecule has 0 fully saturated rings. The third kappa shape index (κ3) is 3.86. The number of benzene rings is 1. The Kier molecular flexibility index (Phi) is 6.25. The quantitative estimate of drug-likeness (QED) is 0.595. The Morgan fingerprint density at radius 1 is 1.16 bits per heavy atom. The van der Waals surface area contributed by atoms with Crippen molar-refractivity contribution in [2.75, 3.05) is 7.05 Å². The van der Waals surface area contributed by atoms with Gasteiger partial charge in [0.15, 0.2) is 5.78 Å².